The molecule has 2 aromatic heterocycles. The topological polar surface area (TPSA) is 63.9 Å². The molecule has 0 unspecified atom stereocenters. The molecule has 2 heterocycles. The Balaban J connectivity index is 1.19. The van der Waals surface area contributed by atoms with Gasteiger partial charge in [-0.3, -0.25) is 0 Å². The number of benzene rings is 2. The number of urea groups is 1. The normalized spacial score (nSPS) is 18.4. The molecule has 6 nitrogen and oxygen atoms in total. The molecule has 2 amide bonds. The zero-order valence-corrected chi connectivity index (χ0v) is 16.2. The van der Waals surface area contributed by atoms with Crippen LogP contribution >= 0.6 is 0 Å². The van der Waals surface area contributed by atoms with Crippen molar-refractivity contribution >= 4 is 22.6 Å². The summed E-state index contributed by atoms with van der Waals surface area (Å²) in [4.78, 5) is 16.7. The lowest BCUT2D eigenvalue weighted by atomic mass is 9.86. The van der Waals surface area contributed by atoms with Crippen LogP contribution in [0.25, 0.3) is 22.2 Å². The summed E-state index contributed by atoms with van der Waals surface area (Å²) in [6.07, 6.45) is 7.62. The first kappa shape index (κ1) is 17.6. The van der Waals surface area contributed by atoms with Gasteiger partial charge in [0.1, 0.15) is 0 Å². The average Bonchev–Trinajstić information content (AvgIpc) is 3.32. The van der Waals surface area contributed by atoms with Crippen molar-refractivity contribution in [2.45, 2.75) is 24.9 Å². The summed E-state index contributed by atoms with van der Waals surface area (Å²) < 4.78 is 4.26. The maximum atomic E-state index is 12.4. The summed E-state index contributed by atoms with van der Waals surface area (Å²) in [5.41, 5.74) is 4.18. The van der Waals surface area contributed by atoms with E-state index in [0.717, 1.165) is 40.7 Å². The fourth-order valence-electron chi connectivity index (χ4n) is 4.05. The molecule has 2 N–H and O–H groups in total. The van der Waals surface area contributed by atoms with Crippen LogP contribution in [-0.2, 0) is 7.05 Å². The molecule has 4 aromatic rings. The molecule has 1 aliphatic carbocycles. The molecular weight excluding hydrogens is 362 g/mol. The van der Waals surface area contributed by atoms with Crippen molar-refractivity contribution in [3.05, 3.63) is 73.3 Å². The van der Waals surface area contributed by atoms with E-state index in [1.165, 1.54) is 0 Å². The fraction of sp³-hybridized carbons (Fsp3) is 0.217. The zero-order chi connectivity index (χ0) is 19.8. The number of hydrogen-bond donors (Lipinski definition) is 2. The van der Waals surface area contributed by atoms with Crippen LogP contribution < -0.4 is 10.6 Å². The van der Waals surface area contributed by atoms with Gasteiger partial charge in [-0.15, -0.1) is 0 Å². The number of rotatable bonds is 4. The van der Waals surface area contributed by atoms with E-state index in [-0.39, 0.29) is 12.1 Å². The number of aryl methyl sites for hydroxylation is 1. The summed E-state index contributed by atoms with van der Waals surface area (Å²) in [5.74, 6) is 0. The van der Waals surface area contributed by atoms with Gasteiger partial charge in [0.15, 0.2) is 0 Å². The minimum atomic E-state index is -0.157. The largest absolute Gasteiger partial charge is 0.350 e. The molecule has 0 saturated heterocycles. The number of nitrogens with zero attached hydrogens (tertiary/aromatic N) is 3. The lowest BCUT2D eigenvalue weighted by Gasteiger charge is -2.37. The molecule has 29 heavy (non-hydrogen) atoms. The molecular formula is C23H23N5O. The first-order chi connectivity index (χ1) is 14.2. The van der Waals surface area contributed by atoms with Crippen LogP contribution in [0.3, 0.4) is 0 Å². The van der Waals surface area contributed by atoms with Gasteiger partial charge in [-0.05, 0) is 42.0 Å². The fourth-order valence-corrected chi connectivity index (χ4v) is 4.05. The van der Waals surface area contributed by atoms with E-state index in [2.05, 4.69) is 38.4 Å². The summed E-state index contributed by atoms with van der Waals surface area (Å²) >= 11 is 0. The van der Waals surface area contributed by atoms with Gasteiger partial charge in [-0.25, -0.2) is 9.78 Å². The van der Waals surface area contributed by atoms with Gasteiger partial charge >= 0.3 is 6.03 Å². The van der Waals surface area contributed by atoms with Gasteiger partial charge in [0.2, 0.25) is 0 Å². The van der Waals surface area contributed by atoms with E-state index in [0.29, 0.717) is 6.04 Å². The number of aromatic nitrogens is 3. The smallest absolute Gasteiger partial charge is 0.319 e. The third kappa shape index (κ3) is 3.38. The lowest BCUT2D eigenvalue weighted by molar-refractivity contribution is 0.213. The first-order valence-corrected chi connectivity index (χ1v) is 9.87. The molecule has 146 valence electrons. The maximum Gasteiger partial charge on any atom is 0.319 e. The second-order valence-corrected chi connectivity index (χ2v) is 7.67. The molecule has 5 rings (SSSR count). The molecule has 1 saturated carbocycles. The van der Waals surface area contributed by atoms with Crippen molar-refractivity contribution in [2.24, 2.45) is 7.05 Å². The highest BCUT2D eigenvalue weighted by molar-refractivity contribution is 5.93. The Labute approximate surface area is 169 Å². The zero-order valence-electron chi connectivity index (χ0n) is 16.2. The second kappa shape index (κ2) is 7.13. The molecule has 0 radical (unpaired) electrons. The number of hydrogen-bond acceptors (Lipinski definition) is 2. The minimum Gasteiger partial charge on any atom is -0.350 e. The number of amides is 2. The first-order valence-electron chi connectivity index (χ1n) is 9.87. The lowest BCUT2D eigenvalue weighted by Crippen LogP contribution is -2.46. The van der Waals surface area contributed by atoms with Gasteiger partial charge in [0, 0.05) is 36.5 Å². The maximum absolute atomic E-state index is 12.4. The van der Waals surface area contributed by atoms with Crippen molar-refractivity contribution < 1.29 is 4.79 Å². The molecule has 1 aliphatic rings. The van der Waals surface area contributed by atoms with E-state index in [9.17, 15) is 4.79 Å². The second-order valence-electron chi connectivity index (χ2n) is 7.67. The predicted molar refractivity (Wildman–Crippen MR) is 115 cm³/mol. The highest BCUT2D eigenvalue weighted by atomic mass is 16.2. The molecule has 0 spiro atoms. The standard InChI is InChI=1S/C23H23N5O/c1-27-10-9-17-7-8-18(13-21(17)27)25-23(29)26-19-11-20(12-19)28-15-24-14-22(28)16-5-3-2-4-6-16/h2-10,13-15,19-20H,11-12H2,1H3,(H2,25,26,29). The van der Waals surface area contributed by atoms with E-state index in [1.807, 2.05) is 66.7 Å². The van der Waals surface area contributed by atoms with Gasteiger partial charge in [0.05, 0.1) is 18.2 Å². The van der Waals surface area contributed by atoms with E-state index in [1.54, 1.807) is 0 Å². The average molecular weight is 385 g/mol. The highest BCUT2D eigenvalue weighted by Gasteiger charge is 2.32. The van der Waals surface area contributed by atoms with Crippen molar-refractivity contribution in [3.63, 3.8) is 0 Å². The summed E-state index contributed by atoms with van der Waals surface area (Å²) in [7, 11) is 2.00. The van der Waals surface area contributed by atoms with E-state index in [4.69, 9.17) is 0 Å². The van der Waals surface area contributed by atoms with Crippen LogP contribution in [0.15, 0.2) is 73.3 Å². The number of fused-ring (bicyclic) bond motifs is 1. The van der Waals surface area contributed by atoms with Crippen molar-refractivity contribution in [3.8, 4) is 11.3 Å². The van der Waals surface area contributed by atoms with Crippen LogP contribution in [0.5, 0.6) is 0 Å². The Bertz CT molecular complexity index is 1150. The Hall–Kier alpha value is -3.54. The molecule has 0 atom stereocenters. The minimum absolute atomic E-state index is 0.157. The van der Waals surface area contributed by atoms with Gasteiger partial charge in [-0.2, -0.15) is 0 Å². The molecule has 6 heteroatoms. The van der Waals surface area contributed by atoms with Gasteiger partial charge < -0.3 is 19.8 Å². The van der Waals surface area contributed by atoms with Crippen molar-refractivity contribution in [2.75, 3.05) is 5.32 Å². The molecule has 0 aliphatic heterocycles. The van der Waals surface area contributed by atoms with Crippen LogP contribution in [0.2, 0.25) is 0 Å². The predicted octanol–water partition coefficient (Wildman–Crippen LogP) is 4.57. The van der Waals surface area contributed by atoms with Crippen molar-refractivity contribution in [1.82, 2.24) is 19.4 Å². The molecule has 1 fully saturated rings. The highest BCUT2D eigenvalue weighted by Crippen LogP contribution is 2.35. The van der Waals surface area contributed by atoms with Crippen molar-refractivity contribution in [1.29, 1.82) is 0 Å². The third-order valence-electron chi connectivity index (χ3n) is 5.72. The van der Waals surface area contributed by atoms with Crippen LogP contribution in [0, 0.1) is 0 Å². The van der Waals surface area contributed by atoms with Gasteiger partial charge in [0.25, 0.3) is 0 Å². The summed E-state index contributed by atoms with van der Waals surface area (Å²) in [6.45, 7) is 0. The van der Waals surface area contributed by atoms with E-state index < -0.39 is 0 Å². The molecule has 0 bridgehead atoms. The Morgan fingerprint density at radius 3 is 2.76 bits per heavy atom. The van der Waals surface area contributed by atoms with Crippen LogP contribution in [0.4, 0.5) is 10.5 Å². The van der Waals surface area contributed by atoms with E-state index >= 15 is 0 Å². The SMILES string of the molecule is Cn1ccc2ccc(NC(=O)NC3CC(n4cncc4-c4ccccc4)C3)cc21. The number of carbonyl (C=O) groups is 1. The summed E-state index contributed by atoms with van der Waals surface area (Å²) in [5, 5.41) is 7.20. The number of nitrogens with one attached hydrogen (secondary N) is 2. The number of imidazole rings is 1. The van der Waals surface area contributed by atoms with Gasteiger partial charge in [-0.1, -0.05) is 36.4 Å². The Kier molecular flexibility index (Phi) is 4.31. The van der Waals surface area contributed by atoms with Crippen LogP contribution in [0.1, 0.15) is 18.9 Å². The third-order valence-corrected chi connectivity index (χ3v) is 5.72. The molecule has 2 aromatic carbocycles. The van der Waals surface area contributed by atoms with Crippen LogP contribution in [-0.4, -0.2) is 26.2 Å². The Morgan fingerprint density at radius 2 is 1.93 bits per heavy atom. The number of carbonyl (C=O) groups excluding carboxylic acids is 1. The monoisotopic (exact) mass is 385 g/mol. The number of anilines is 1. The Morgan fingerprint density at radius 1 is 1.10 bits per heavy atom. The summed E-state index contributed by atoms with van der Waals surface area (Å²) in [6, 6.07) is 18.7. The quantitative estimate of drug-likeness (QED) is 0.541.